The number of ether oxygens (including phenoxy) is 2. The third-order valence-corrected chi connectivity index (χ3v) is 3.38. The summed E-state index contributed by atoms with van der Waals surface area (Å²) in [6.45, 7) is 4.06. The van der Waals surface area contributed by atoms with Crippen molar-refractivity contribution in [3.05, 3.63) is 64.6 Å². The van der Waals surface area contributed by atoms with Crippen LogP contribution >= 0.6 is 0 Å². The van der Waals surface area contributed by atoms with Crippen LogP contribution in [0.4, 0.5) is 0 Å². The van der Waals surface area contributed by atoms with Gasteiger partial charge in [0.1, 0.15) is 12.4 Å². The molecule has 1 amide bonds. The molecule has 0 radical (unpaired) electrons. The molecule has 1 N–H and O–H groups in total. The first kappa shape index (κ1) is 18.3. The number of amides is 1. The van der Waals surface area contributed by atoms with Crippen molar-refractivity contribution in [1.29, 1.82) is 0 Å². The van der Waals surface area contributed by atoms with Crippen LogP contribution in [0.1, 0.15) is 21.6 Å². The molecule has 0 saturated heterocycles. The maximum absolute atomic E-state index is 11.7. The predicted octanol–water partition coefficient (Wildman–Crippen LogP) is 1.29. The number of carbonyl (C=O) groups is 2. The lowest BCUT2D eigenvalue weighted by molar-refractivity contribution is -0.608. The van der Waals surface area contributed by atoms with Gasteiger partial charge in [-0.2, -0.15) is 4.73 Å². The smallest absolute Gasteiger partial charge is 0.405 e. The second-order valence-electron chi connectivity index (χ2n) is 5.46. The van der Waals surface area contributed by atoms with Gasteiger partial charge in [-0.25, -0.2) is 4.79 Å². The van der Waals surface area contributed by atoms with Crippen molar-refractivity contribution in [3.8, 4) is 5.75 Å². The molecule has 7 nitrogen and oxygen atoms in total. The second kappa shape index (κ2) is 8.68. The second-order valence-corrected chi connectivity index (χ2v) is 5.46. The minimum Gasteiger partial charge on any atom is -0.618 e. The highest BCUT2D eigenvalue weighted by Gasteiger charge is 2.17. The molecule has 0 aliphatic carbocycles. The number of nitrogens with one attached hydrogen (secondary N) is 1. The van der Waals surface area contributed by atoms with Gasteiger partial charge >= 0.3 is 11.7 Å². The Balaban J connectivity index is 1.69. The molecule has 0 aliphatic heterocycles. The monoisotopic (exact) mass is 344 g/mol. The van der Waals surface area contributed by atoms with Gasteiger partial charge in [0.2, 0.25) is 0 Å². The summed E-state index contributed by atoms with van der Waals surface area (Å²) in [6.07, 6.45) is 1.18. The first-order valence-corrected chi connectivity index (χ1v) is 7.79. The molecule has 1 heterocycles. The van der Waals surface area contributed by atoms with Crippen LogP contribution in [0.2, 0.25) is 0 Å². The average molecular weight is 344 g/mol. The summed E-state index contributed by atoms with van der Waals surface area (Å²) in [7, 11) is 0. The van der Waals surface area contributed by atoms with Crippen LogP contribution in [0, 0.1) is 19.1 Å². The summed E-state index contributed by atoms with van der Waals surface area (Å²) in [5, 5.41) is 14.0. The van der Waals surface area contributed by atoms with Crippen LogP contribution in [0.15, 0.2) is 42.6 Å². The average Bonchev–Trinajstić information content (AvgIpc) is 2.58. The number of pyridine rings is 1. The first-order chi connectivity index (χ1) is 12.0. The Labute approximate surface area is 145 Å². The minimum absolute atomic E-state index is 0.173. The molecular weight excluding hydrogens is 324 g/mol. The Morgan fingerprint density at radius 1 is 1.20 bits per heavy atom. The lowest BCUT2D eigenvalue weighted by Crippen LogP contribution is -2.36. The number of hydrogen-bond donors (Lipinski definition) is 1. The van der Waals surface area contributed by atoms with E-state index in [0.29, 0.717) is 11.3 Å². The van der Waals surface area contributed by atoms with Crippen LogP contribution < -0.4 is 14.8 Å². The number of aryl methyl sites for hydroxylation is 2. The summed E-state index contributed by atoms with van der Waals surface area (Å²) in [5.74, 6) is -0.557. The SMILES string of the molecule is Cc1ccc(OCCNC(=O)COC(=O)c2cccc[n+]2[O-])c(C)c1. The lowest BCUT2D eigenvalue weighted by Gasteiger charge is -2.10. The van der Waals surface area contributed by atoms with E-state index in [4.69, 9.17) is 9.47 Å². The lowest BCUT2D eigenvalue weighted by atomic mass is 10.1. The highest BCUT2D eigenvalue weighted by atomic mass is 16.5. The largest absolute Gasteiger partial charge is 0.618 e. The Morgan fingerprint density at radius 3 is 2.72 bits per heavy atom. The van der Waals surface area contributed by atoms with E-state index in [-0.39, 0.29) is 12.2 Å². The predicted molar refractivity (Wildman–Crippen MR) is 90.1 cm³/mol. The van der Waals surface area contributed by atoms with Crippen molar-refractivity contribution >= 4 is 11.9 Å². The number of aromatic nitrogens is 1. The zero-order valence-electron chi connectivity index (χ0n) is 14.2. The van der Waals surface area contributed by atoms with Crippen molar-refractivity contribution in [2.24, 2.45) is 0 Å². The molecule has 0 saturated carbocycles. The molecule has 0 atom stereocenters. The maximum Gasteiger partial charge on any atom is 0.405 e. The van der Waals surface area contributed by atoms with Gasteiger partial charge in [-0.15, -0.1) is 0 Å². The third kappa shape index (κ3) is 5.49. The van der Waals surface area contributed by atoms with Crippen molar-refractivity contribution in [3.63, 3.8) is 0 Å². The summed E-state index contributed by atoms with van der Waals surface area (Å²) in [4.78, 5) is 23.4. The van der Waals surface area contributed by atoms with Gasteiger partial charge in [0, 0.05) is 12.1 Å². The highest BCUT2D eigenvalue weighted by Crippen LogP contribution is 2.18. The van der Waals surface area contributed by atoms with Crippen LogP contribution in [0.5, 0.6) is 5.75 Å². The van der Waals surface area contributed by atoms with E-state index in [0.717, 1.165) is 16.9 Å². The highest BCUT2D eigenvalue weighted by molar-refractivity contribution is 5.88. The molecule has 1 aromatic carbocycles. The number of carbonyl (C=O) groups excluding carboxylic acids is 2. The molecule has 25 heavy (non-hydrogen) atoms. The summed E-state index contributed by atoms with van der Waals surface area (Å²) < 4.78 is 10.8. The number of nitrogens with zero attached hydrogens (tertiary/aromatic N) is 1. The molecule has 0 fully saturated rings. The molecular formula is C18H20N2O5. The third-order valence-electron chi connectivity index (χ3n) is 3.38. The zero-order valence-corrected chi connectivity index (χ0v) is 14.2. The van der Waals surface area contributed by atoms with Gasteiger partial charge in [0.25, 0.3) is 5.91 Å². The van der Waals surface area contributed by atoms with E-state index < -0.39 is 18.5 Å². The Morgan fingerprint density at radius 2 is 2.00 bits per heavy atom. The van der Waals surface area contributed by atoms with Crippen LogP contribution in [-0.2, 0) is 9.53 Å². The molecule has 2 rings (SSSR count). The molecule has 0 bridgehead atoms. The van der Waals surface area contributed by atoms with Gasteiger partial charge in [-0.3, -0.25) is 4.79 Å². The fraction of sp³-hybridized carbons (Fsp3) is 0.278. The quantitative estimate of drug-likeness (QED) is 0.354. The van der Waals surface area contributed by atoms with Gasteiger partial charge in [0.15, 0.2) is 12.8 Å². The molecule has 0 unspecified atom stereocenters. The molecule has 132 valence electrons. The van der Waals surface area contributed by atoms with E-state index in [1.807, 2.05) is 32.0 Å². The van der Waals surface area contributed by atoms with E-state index in [1.54, 1.807) is 0 Å². The summed E-state index contributed by atoms with van der Waals surface area (Å²) in [5.41, 5.74) is 2.00. The standard InChI is InChI=1S/C18H20N2O5/c1-13-6-7-16(14(2)11-13)24-10-8-19-17(21)12-25-18(22)15-5-3-4-9-20(15)23/h3-7,9,11H,8,10,12H2,1-2H3,(H,19,21). The summed E-state index contributed by atoms with van der Waals surface area (Å²) in [6, 6.07) is 10.2. The van der Waals surface area contributed by atoms with Crippen LogP contribution in [0.3, 0.4) is 0 Å². The van der Waals surface area contributed by atoms with E-state index in [2.05, 4.69) is 5.32 Å². The van der Waals surface area contributed by atoms with Crippen LogP contribution in [0.25, 0.3) is 0 Å². The molecule has 0 aliphatic rings. The fourth-order valence-corrected chi connectivity index (χ4v) is 2.16. The van der Waals surface area contributed by atoms with Crippen molar-refractivity contribution in [2.75, 3.05) is 19.8 Å². The Hall–Kier alpha value is -3.09. The molecule has 1 aromatic heterocycles. The van der Waals surface area contributed by atoms with Crippen molar-refractivity contribution < 1.29 is 23.8 Å². The van der Waals surface area contributed by atoms with Gasteiger partial charge in [0.05, 0.1) is 6.54 Å². The van der Waals surface area contributed by atoms with Gasteiger partial charge < -0.3 is 20.0 Å². The van der Waals surface area contributed by atoms with Gasteiger partial charge in [-0.1, -0.05) is 17.7 Å². The van der Waals surface area contributed by atoms with Crippen molar-refractivity contribution in [2.45, 2.75) is 13.8 Å². The van der Waals surface area contributed by atoms with E-state index in [9.17, 15) is 14.8 Å². The van der Waals surface area contributed by atoms with E-state index >= 15 is 0 Å². The number of hydrogen-bond acceptors (Lipinski definition) is 5. The summed E-state index contributed by atoms with van der Waals surface area (Å²) >= 11 is 0. The number of rotatable bonds is 7. The number of esters is 1. The topological polar surface area (TPSA) is 91.6 Å². The first-order valence-electron chi connectivity index (χ1n) is 7.79. The minimum atomic E-state index is -0.850. The zero-order chi connectivity index (χ0) is 18.2. The Kier molecular flexibility index (Phi) is 6.33. The van der Waals surface area contributed by atoms with Crippen molar-refractivity contribution in [1.82, 2.24) is 5.32 Å². The molecule has 0 spiro atoms. The molecule has 7 heteroatoms. The number of benzene rings is 1. The Bertz CT molecular complexity index is 761. The maximum atomic E-state index is 11.7. The normalized spacial score (nSPS) is 10.2. The molecule has 2 aromatic rings. The fourth-order valence-electron chi connectivity index (χ4n) is 2.16. The van der Waals surface area contributed by atoms with E-state index in [1.165, 1.54) is 24.4 Å². The van der Waals surface area contributed by atoms with Gasteiger partial charge in [-0.05, 0) is 31.5 Å². The van der Waals surface area contributed by atoms with Crippen LogP contribution in [-0.4, -0.2) is 31.6 Å².